The molecule has 0 heterocycles. The Labute approximate surface area is 75.9 Å². The van der Waals surface area contributed by atoms with Gasteiger partial charge >= 0.3 is 18.9 Å². The summed E-state index contributed by atoms with van der Waals surface area (Å²) in [5, 5.41) is 0. The Morgan fingerprint density at radius 2 is 1.78 bits per heavy atom. The van der Waals surface area contributed by atoms with Crippen molar-refractivity contribution >= 4 is 19.7 Å². The van der Waals surface area contributed by atoms with E-state index in [1.54, 1.807) is 6.08 Å². The minimum atomic E-state index is -1.20. The molecule has 0 saturated heterocycles. The van der Waals surface area contributed by atoms with Gasteiger partial charge in [-0.05, 0) is 0 Å². The second-order valence-corrected chi connectivity index (χ2v) is 8.56. The van der Waals surface area contributed by atoms with Crippen LogP contribution in [0.15, 0.2) is 10.7 Å². The van der Waals surface area contributed by atoms with E-state index in [1.807, 2.05) is 0 Å². The molecular weight excluding hydrogens is 143 g/mol. The van der Waals surface area contributed by atoms with Crippen molar-refractivity contribution in [2.75, 3.05) is 0 Å². The summed E-state index contributed by atoms with van der Waals surface area (Å²) in [5.74, 6) is 0. The van der Waals surface area contributed by atoms with Gasteiger partial charge in [-0.15, -0.1) is 4.66 Å². The van der Waals surface area contributed by atoms with Crippen molar-refractivity contribution in [1.29, 1.82) is 0 Å². The maximum atomic E-state index is 5.80. The van der Waals surface area contributed by atoms with Gasteiger partial charge in [0.2, 0.25) is 0 Å². The summed E-state index contributed by atoms with van der Waals surface area (Å²) in [6.45, 7) is 10.2. The zero-order valence-corrected chi connectivity index (χ0v) is 8.42. The summed E-state index contributed by atoms with van der Waals surface area (Å²) in [7, 11) is -1.20. The minimum absolute atomic E-state index is 0. The molecule has 0 amide bonds. The number of hydrogen-bond acceptors (Lipinski definition) is 0. The molecule has 0 fully saturated rings. The molecular formula is C6H12ClLiSi. The Balaban J connectivity index is 0. The van der Waals surface area contributed by atoms with E-state index in [1.165, 1.54) is 0 Å². The molecule has 0 unspecified atom stereocenters. The summed E-state index contributed by atoms with van der Waals surface area (Å²) in [6, 6.07) is 0. The number of hydrogen-bond donors (Lipinski definition) is 0. The predicted molar refractivity (Wildman–Crippen MR) is 42.6 cm³/mol. The van der Waals surface area contributed by atoms with E-state index < -0.39 is 8.07 Å². The maximum Gasteiger partial charge on any atom is 1.00 e. The molecule has 0 nitrogen and oxygen atoms in total. The molecule has 0 rings (SSSR count). The third kappa shape index (κ3) is 5.17. The van der Waals surface area contributed by atoms with Gasteiger partial charge in [0.05, 0.1) is 0 Å². The Morgan fingerprint density at radius 1 is 1.44 bits per heavy atom. The van der Waals surface area contributed by atoms with E-state index in [0.29, 0.717) is 0 Å². The summed E-state index contributed by atoms with van der Waals surface area (Å²) in [5.41, 5.74) is 0. The van der Waals surface area contributed by atoms with Gasteiger partial charge in [0.25, 0.3) is 0 Å². The largest absolute Gasteiger partial charge is 1.00 e. The molecule has 0 aromatic rings. The molecule has 0 atom stereocenters. The van der Waals surface area contributed by atoms with Crippen molar-refractivity contribution in [2.24, 2.45) is 0 Å². The molecule has 0 saturated carbocycles. The van der Waals surface area contributed by atoms with Crippen LogP contribution in [-0.4, -0.2) is 8.07 Å². The molecule has 48 valence electrons. The summed E-state index contributed by atoms with van der Waals surface area (Å²) in [6.07, 6.45) is 1.74. The van der Waals surface area contributed by atoms with Gasteiger partial charge in [-0.2, -0.15) is 0 Å². The monoisotopic (exact) mass is 154 g/mol. The van der Waals surface area contributed by atoms with E-state index in [4.69, 9.17) is 11.6 Å². The van der Waals surface area contributed by atoms with E-state index in [9.17, 15) is 0 Å². The van der Waals surface area contributed by atoms with Crippen LogP contribution in [0.1, 0.15) is 0 Å². The van der Waals surface area contributed by atoms with Crippen molar-refractivity contribution in [2.45, 2.75) is 19.6 Å². The third-order valence-corrected chi connectivity index (χ3v) is 4.39. The summed E-state index contributed by atoms with van der Waals surface area (Å²) in [4.78, 5) is 0. The van der Waals surface area contributed by atoms with Crippen LogP contribution >= 0.6 is 11.6 Å². The topological polar surface area (TPSA) is 0 Å². The molecule has 0 bridgehead atoms. The zero-order chi connectivity index (χ0) is 6.78. The zero-order valence-electron chi connectivity index (χ0n) is 6.66. The third-order valence-electron chi connectivity index (χ3n) is 0.896. The van der Waals surface area contributed by atoms with Gasteiger partial charge in [0.15, 0.2) is 0 Å². The summed E-state index contributed by atoms with van der Waals surface area (Å²) >= 11 is 5.80. The van der Waals surface area contributed by atoms with Crippen LogP contribution in [0.3, 0.4) is 0 Å². The molecule has 3 heteroatoms. The molecule has 0 spiro atoms. The fraction of sp³-hybridized carbons (Fsp3) is 0.500. The van der Waals surface area contributed by atoms with Crippen LogP contribution in [0.5, 0.6) is 0 Å². The first-order valence-corrected chi connectivity index (χ1v) is 6.51. The van der Waals surface area contributed by atoms with E-state index in [0.717, 1.165) is 4.66 Å². The van der Waals surface area contributed by atoms with Gasteiger partial charge in [-0.1, -0.05) is 19.6 Å². The van der Waals surface area contributed by atoms with Gasteiger partial charge in [-0.25, -0.2) is 24.6 Å². The van der Waals surface area contributed by atoms with Gasteiger partial charge in [0, 0.05) is 8.07 Å². The molecule has 0 aromatic heterocycles. The van der Waals surface area contributed by atoms with E-state index in [-0.39, 0.29) is 18.9 Å². The molecule has 0 aliphatic rings. The van der Waals surface area contributed by atoms with Crippen molar-refractivity contribution in [3.8, 4) is 0 Å². The van der Waals surface area contributed by atoms with Crippen LogP contribution in [-0.2, 0) is 0 Å². The molecule has 0 aromatic carbocycles. The average Bonchev–Trinajstić information content (AvgIpc) is 1.62. The first kappa shape index (κ1) is 12.4. The second-order valence-electron chi connectivity index (χ2n) is 2.80. The molecule has 0 aliphatic heterocycles. The molecule has 0 aliphatic carbocycles. The van der Waals surface area contributed by atoms with Crippen LogP contribution in [0, 0.1) is 6.92 Å². The van der Waals surface area contributed by atoms with Gasteiger partial charge in [0.1, 0.15) is 0 Å². The van der Waals surface area contributed by atoms with Crippen LogP contribution < -0.4 is 18.9 Å². The quantitative estimate of drug-likeness (QED) is 0.363. The maximum absolute atomic E-state index is 5.80. The smallest absolute Gasteiger partial charge is 0.244 e. The van der Waals surface area contributed by atoms with Crippen molar-refractivity contribution in [3.63, 3.8) is 0 Å². The Morgan fingerprint density at radius 3 is 1.78 bits per heavy atom. The van der Waals surface area contributed by atoms with Crippen LogP contribution in [0.25, 0.3) is 0 Å². The Kier molecular flexibility index (Phi) is 6.22. The standard InChI is InChI=1S/C6H12ClSi.Li/c1-5-6(7)8(2,3)4;/h5H,1H2,2-4H3;/q-1;+1. The average molecular weight is 155 g/mol. The number of allylic oxidation sites excluding steroid dienone is 1. The Bertz CT molecular complexity index is 104. The summed E-state index contributed by atoms with van der Waals surface area (Å²) < 4.78 is 0.956. The van der Waals surface area contributed by atoms with Crippen molar-refractivity contribution in [3.05, 3.63) is 17.7 Å². The molecule has 0 radical (unpaired) electrons. The number of halogens is 1. The van der Waals surface area contributed by atoms with Crippen molar-refractivity contribution in [1.82, 2.24) is 0 Å². The van der Waals surface area contributed by atoms with Crippen LogP contribution in [0.2, 0.25) is 19.6 Å². The fourth-order valence-corrected chi connectivity index (χ4v) is 0.919. The number of rotatable bonds is 1. The van der Waals surface area contributed by atoms with Crippen molar-refractivity contribution < 1.29 is 18.9 Å². The first-order chi connectivity index (χ1) is 3.48. The van der Waals surface area contributed by atoms with E-state index in [2.05, 4.69) is 26.6 Å². The molecule has 9 heavy (non-hydrogen) atoms. The SMILES string of the molecule is [CH2-]C=C(Cl)[Si](C)(C)C.[Li+]. The van der Waals surface area contributed by atoms with Gasteiger partial charge in [-0.3, -0.25) is 0 Å². The second kappa shape index (κ2) is 4.52. The normalized spacial score (nSPS) is 12.7. The first-order valence-electron chi connectivity index (χ1n) is 2.64. The molecule has 0 N–H and O–H groups in total. The fourth-order valence-electron chi connectivity index (χ4n) is 0.306. The minimum Gasteiger partial charge on any atom is -0.244 e. The van der Waals surface area contributed by atoms with E-state index >= 15 is 0 Å². The Hall–Kier alpha value is 0.714. The van der Waals surface area contributed by atoms with Gasteiger partial charge < -0.3 is 0 Å². The van der Waals surface area contributed by atoms with Crippen LogP contribution in [0.4, 0.5) is 0 Å². The predicted octanol–water partition coefficient (Wildman–Crippen LogP) is -0.175.